The molecule has 2 rings (SSSR count). The second kappa shape index (κ2) is 3.14. The summed E-state index contributed by atoms with van der Waals surface area (Å²) in [7, 11) is 0. The fourth-order valence-electron chi connectivity index (χ4n) is 1.83. The Morgan fingerprint density at radius 3 is 2.83 bits per heavy atom. The molecule has 62 valence electrons. The van der Waals surface area contributed by atoms with E-state index in [9.17, 15) is 0 Å². The smallest absolute Gasteiger partial charge is 0.00578 e. The fraction of sp³-hybridized carbons (Fsp3) is 0.333. The van der Waals surface area contributed by atoms with Gasteiger partial charge in [0.2, 0.25) is 0 Å². The van der Waals surface area contributed by atoms with E-state index >= 15 is 0 Å². The number of hydrogen-bond donors (Lipinski definition) is 0. The minimum Gasteiger partial charge on any atom is -0.0652 e. The van der Waals surface area contributed by atoms with E-state index in [1.165, 1.54) is 30.4 Å². The van der Waals surface area contributed by atoms with Gasteiger partial charge in [-0.05, 0) is 24.0 Å². The van der Waals surface area contributed by atoms with E-state index < -0.39 is 0 Å². The van der Waals surface area contributed by atoms with Crippen LogP contribution in [0, 0.1) is 0 Å². The zero-order chi connectivity index (χ0) is 8.39. The molecule has 0 heterocycles. The number of fused-ring (bicyclic) bond motifs is 1. The van der Waals surface area contributed by atoms with Crippen molar-refractivity contribution in [2.45, 2.75) is 26.2 Å². The van der Waals surface area contributed by atoms with Crippen molar-refractivity contribution in [2.75, 3.05) is 0 Å². The monoisotopic (exact) mass is 158 g/mol. The van der Waals surface area contributed by atoms with Gasteiger partial charge in [-0.25, -0.2) is 0 Å². The van der Waals surface area contributed by atoms with Crippen LogP contribution < -0.4 is 0 Å². The first-order valence-electron chi connectivity index (χ1n) is 4.67. The van der Waals surface area contributed by atoms with Crippen molar-refractivity contribution in [1.29, 1.82) is 0 Å². The van der Waals surface area contributed by atoms with E-state index in [1.807, 2.05) is 0 Å². The molecule has 0 nitrogen and oxygen atoms in total. The number of benzene rings is 1. The lowest BCUT2D eigenvalue weighted by atomic mass is 10.1. The predicted octanol–water partition coefficient (Wildman–Crippen LogP) is 3.43. The Morgan fingerprint density at radius 1 is 1.25 bits per heavy atom. The van der Waals surface area contributed by atoms with Crippen molar-refractivity contribution >= 4 is 6.08 Å². The molecule has 1 aromatic rings. The normalized spacial score (nSPS) is 14.2. The Morgan fingerprint density at radius 2 is 2.08 bits per heavy atom. The summed E-state index contributed by atoms with van der Waals surface area (Å²) in [4.78, 5) is 0. The summed E-state index contributed by atoms with van der Waals surface area (Å²) in [5.74, 6) is 0. The SMILES string of the molecule is CCCC1=Cc2ccccc2C1. The number of rotatable bonds is 2. The summed E-state index contributed by atoms with van der Waals surface area (Å²) in [5.41, 5.74) is 4.53. The second-order valence-electron chi connectivity index (χ2n) is 3.43. The molecule has 0 saturated carbocycles. The van der Waals surface area contributed by atoms with Gasteiger partial charge >= 0.3 is 0 Å². The topological polar surface area (TPSA) is 0 Å². The van der Waals surface area contributed by atoms with E-state index in [4.69, 9.17) is 0 Å². The molecule has 0 unspecified atom stereocenters. The van der Waals surface area contributed by atoms with Gasteiger partial charge in [0.15, 0.2) is 0 Å². The van der Waals surface area contributed by atoms with Crippen molar-refractivity contribution in [3.05, 3.63) is 41.0 Å². The van der Waals surface area contributed by atoms with Crippen molar-refractivity contribution in [3.8, 4) is 0 Å². The minimum atomic E-state index is 1.18. The third-order valence-corrected chi connectivity index (χ3v) is 2.40. The van der Waals surface area contributed by atoms with Gasteiger partial charge in [0, 0.05) is 0 Å². The number of hydrogen-bond acceptors (Lipinski definition) is 0. The summed E-state index contributed by atoms with van der Waals surface area (Å²) in [5, 5.41) is 0. The van der Waals surface area contributed by atoms with Gasteiger partial charge in [0.25, 0.3) is 0 Å². The first-order chi connectivity index (χ1) is 5.90. The Bertz CT molecular complexity index is 308. The van der Waals surface area contributed by atoms with E-state index in [-0.39, 0.29) is 0 Å². The highest BCUT2D eigenvalue weighted by Crippen LogP contribution is 2.26. The zero-order valence-corrected chi connectivity index (χ0v) is 7.51. The Labute approximate surface area is 73.9 Å². The maximum atomic E-state index is 2.35. The zero-order valence-electron chi connectivity index (χ0n) is 7.51. The third kappa shape index (κ3) is 1.29. The molecule has 0 atom stereocenters. The quantitative estimate of drug-likeness (QED) is 0.618. The maximum absolute atomic E-state index is 2.35. The van der Waals surface area contributed by atoms with Crippen LogP contribution in [0.1, 0.15) is 30.9 Å². The van der Waals surface area contributed by atoms with Gasteiger partial charge < -0.3 is 0 Å². The fourth-order valence-corrected chi connectivity index (χ4v) is 1.83. The predicted molar refractivity (Wildman–Crippen MR) is 53.0 cm³/mol. The second-order valence-corrected chi connectivity index (χ2v) is 3.43. The molecule has 0 bridgehead atoms. The van der Waals surface area contributed by atoms with E-state index in [1.54, 1.807) is 5.57 Å². The molecule has 0 spiro atoms. The molecule has 0 N–H and O–H groups in total. The summed E-state index contributed by atoms with van der Waals surface area (Å²) >= 11 is 0. The van der Waals surface area contributed by atoms with Gasteiger partial charge in [-0.3, -0.25) is 0 Å². The molecule has 0 amide bonds. The van der Waals surface area contributed by atoms with E-state index in [2.05, 4.69) is 37.3 Å². The minimum absolute atomic E-state index is 1.18. The lowest BCUT2D eigenvalue weighted by Crippen LogP contribution is -1.83. The number of allylic oxidation sites excluding steroid dienone is 1. The van der Waals surface area contributed by atoms with Gasteiger partial charge in [-0.1, -0.05) is 49.3 Å². The molecular formula is C12H14. The Hall–Kier alpha value is -1.04. The van der Waals surface area contributed by atoms with Crippen molar-refractivity contribution < 1.29 is 0 Å². The molecule has 0 saturated heterocycles. The van der Waals surface area contributed by atoms with Gasteiger partial charge in [0.1, 0.15) is 0 Å². The molecule has 0 aliphatic heterocycles. The summed E-state index contributed by atoms with van der Waals surface area (Å²) < 4.78 is 0. The van der Waals surface area contributed by atoms with Crippen LogP contribution in [0.5, 0.6) is 0 Å². The maximum Gasteiger partial charge on any atom is -0.00578 e. The lowest BCUT2D eigenvalue weighted by Gasteiger charge is -1.97. The lowest BCUT2D eigenvalue weighted by molar-refractivity contribution is 0.886. The molecular weight excluding hydrogens is 144 g/mol. The van der Waals surface area contributed by atoms with Crippen molar-refractivity contribution in [3.63, 3.8) is 0 Å². The van der Waals surface area contributed by atoms with Crippen molar-refractivity contribution in [1.82, 2.24) is 0 Å². The van der Waals surface area contributed by atoms with Crippen LogP contribution in [0.25, 0.3) is 6.08 Å². The standard InChI is InChI=1S/C12H14/c1-2-5-10-8-11-6-3-4-7-12(11)9-10/h3-4,6-8H,2,5,9H2,1H3. The van der Waals surface area contributed by atoms with Crippen molar-refractivity contribution in [2.24, 2.45) is 0 Å². The Balaban J connectivity index is 2.23. The molecule has 12 heavy (non-hydrogen) atoms. The Kier molecular flexibility index (Phi) is 1.99. The molecule has 0 fully saturated rings. The highest BCUT2D eigenvalue weighted by molar-refractivity contribution is 5.63. The molecule has 1 aliphatic rings. The van der Waals surface area contributed by atoms with Crippen LogP contribution in [0.3, 0.4) is 0 Å². The van der Waals surface area contributed by atoms with Crippen LogP contribution in [-0.2, 0) is 6.42 Å². The highest BCUT2D eigenvalue weighted by Gasteiger charge is 2.09. The van der Waals surface area contributed by atoms with Crippen LogP contribution in [0.4, 0.5) is 0 Å². The molecule has 0 radical (unpaired) electrons. The molecule has 1 aromatic carbocycles. The van der Waals surface area contributed by atoms with E-state index in [0.29, 0.717) is 0 Å². The van der Waals surface area contributed by atoms with Crippen LogP contribution >= 0.6 is 0 Å². The molecule has 0 heteroatoms. The first-order valence-corrected chi connectivity index (χ1v) is 4.67. The average molecular weight is 158 g/mol. The summed E-state index contributed by atoms with van der Waals surface area (Å²) in [6, 6.07) is 8.68. The summed E-state index contributed by atoms with van der Waals surface area (Å²) in [6.45, 7) is 2.24. The average Bonchev–Trinajstić information content (AvgIpc) is 2.47. The van der Waals surface area contributed by atoms with Crippen LogP contribution in [0.15, 0.2) is 29.8 Å². The highest BCUT2D eigenvalue weighted by atomic mass is 14.1. The molecule has 1 aliphatic carbocycles. The van der Waals surface area contributed by atoms with Gasteiger partial charge in [-0.2, -0.15) is 0 Å². The van der Waals surface area contributed by atoms with Gasteiger partial charge in [0.05, 0.1) is 0 Å². The van der Waals surface area contributed by atoms with Crippen LogP contribution in [0.2, 0.25) is 0 Å². The summed E-state index contributed by atoms with van der Waals surface area (Å²) in [6.07, 6.45) is 6.05. The first kappa shape index (κ1) is 7.60. The van der Waals surface area contributed by atoms with E-state index in [0.717, 1.165) is 0 Å². The molecule has 0 aromatic heterocycles. The largest absolute Gasteiger partial charge is 0.0652 e. The third-order valence-electron chi connectivity index (χ3n) is 2.40. The van der Waals surface area contributed by atoms with Gasteiger partial charge in [-0.15, -0.1) is 0 Å². The van der Waals surface area contributed by atoms with Crippen LogP contribution in [-0.4, -0.2) is 0 Å².